The lowest BCUT2D eigenvalue weighted by Gasteiger charge is -2.18. The third-order valence-electron chi connectivity index (χ3n) is 2.00. The molecule has 0 bridgehead atoms. The van der Waals surface area contributed by atoms with Gasteiger partial charge in [-0.15, -0.1) is 0 Å². The van der Waals surface area contributed by atoms with Crippen molar-refractivity contribution in [2.45, 2.75) is 12.2 Å². The molecule has 1 aromatic carbocycles. The van der Waals surface area contributed by atoms with Crippen molar-refractivity contribution in [1.29, 1.82) is 0 Å². The van der Waals surface area contributed by atoms with Gasteiger partial charge in [-0.1, -0.05) is 15.9 Å². The van der Waals surface area contributed by atoms with Gasteiger partial charge in [0.05, 0.1) is 12.3 Å². The molecular formula is C9H11Br2NO3. The van der Waals surface area contributed by atoms with Crippen LogP contribution >= 0.6 is 31.9 Å². The molecule has 0 spiro atoms. The summed E-state index contributed by atoms with van der Waals surface area (Å²) in [6.45, 7) is -0.523. The molecule has 15 heavy (non-hydrogen) atoms. The van der Waals surface area contributed by atoms with Crippen LogP contribution in [0.3, 0.4) is 0 Å². The molecule has 84 valence electrons. The molecule has 1 aromatic rings. The van der Waals surface area contributed by atoms with Crippen LogP contribution in [0.4, 0.5) is 5.69 Å². The highest BCUT2D eigenvalue weighted by Gasteiger charge is 2.21. The Morgan fingerprint density at radius 3 is 2.40 bits per heavy atom. The lowest BCUT2D eigenvalue weighted by molar-refractivity contribution is -0.0149. The van der Waals surface area contributed by atoms with E-state index in [4.69, 9.17) is 10.8 Å². The van der Waals surface area contributed by atoms with Gasteiger partial charge < -0.3 is 21.1 Å². The van der Waals surface area contributed by atoms with Gasteiger partial charge >= 0.3 is 0 Å². The summed E-state index contributed by atoms with van der Waals surface area (Å²) in [5.74, 6) is 0. The summed E-state index contributed by atoms with van der Waals surface area (Å²) in [6, 6.07) is 3.33. The zero-order valence-electron chi connectivity index (χ0n) is 7.69. The third kappa shape index (κ3) is 2.92. The topological polar surface area (TPSA) is 86.7 Å². The van der Waals surface area contributed by atoms with Crippen LogP contribution in [0.25, 0.3) is 0 Å². The minimum Gasteiger partial charge on any atom is -0.398 e. The Hall–Kier alpha value is -0.140. The molecule has 5 N–H and O–H groups in total. The number of hydrogen-bond acceptors (Lipinski definition) is 4. The molecule has 0 aromatic heterocycles. The Balaban J connectivity index is 3.13. The van der Waals surface area contributed by atoms with Crippen LogP contribution in [0.1, 0.15) is 11.7 Å². The Labute approximate surface area is 104 Å². The van der Waals surface area contributed by atoms with E-state index in [9.17, 15) is 10.2 Å². The molecule has 0 heterocycles. The summed E-state index contributed by atoms with van der Waals surface area (Å²) in [6.07, 6.45) is -2.45. The smallest absolute Gasteiger partial charge is 0.109 e. The van der Waals surface area contributed by atoms with E-state index < -0.39 is 18.8 Å². The lowest BCUT2D eigenvalue weighted by Crippen LogP contribution is -2.23. The number of aliphatic hydroxyl groups is 3. The Kier molecular flexibility index (Phi) is 4.54. The van der Waals surface area contributed by atoms with Crippen molar-refractivity contribution < 1.29 is 15.3 Å². The predicted octanol–water partition coefficient (Wildman–Crippen LogP) is 1.18. The van der Waals surface area contributed by atoms with Gasteiger partial charge in [0.1, 0.15) is 12.2 Å². The number of anilines is 1. The Morgan fingerprint density at radius 2 is 1.87 bits per heavy atom. The average molecular weight is 341 g/mol. The SMILES string of the molecule is Nc1c(Br)cc(Br)cc1C(O)C(O)CO. The third-order valence-corrected chi connectivity index (χ3v) is 3.11. The molecule has 0 aliphatic heterocycles. The highest BCUT2D eigenvalue weighted by Crippen LogP contribution is 2.33. The van der Waals surface area contributed by atoms with Crippen molar-refractivity contribution in [3.63, 3.8) is 0 Å². The molecule has 0 fully saturated rings. The van der Waals surface area contributed by atoms with Gasteiger partial charge in [0.25, 0.3) is 0 Å². The summed E-state index contributed by atoms with van der Waals surface area (Å²) in [7, 11) is 0. The van der Waals surface area contributed by atoms with Crippen molar-refractivity contribution >= 4 is 37.5 Å². The van der Waals surface area contributed by atoms with E-state index in [2.05, 4.69) is 31.9 Å². The lowest BCUT2D eigenvalue weighted by atomic mass is 10.0. The summed E-state index contributed by atoms with van der Waals surface area (Å²) < 4.78 is 1.35. The Bertz CT molecular complexity index is 359. The molecule has 2 atom stereocenters. The number of nitrogen functional groups attached to an aromatic ring is 1. The molecule has 0 radical (unpaired) electrons. The van der Waals surface area contributed by atoms with Crippen LogP contribution < -0.4 is 5.73 Å². The first kappa shape index (κ1) is 12.9. The van der Waals surface area contributed by atoms with Crippen molar-refractivity contribution in [3.05, 3.63) is 26.6 Å². The summed E-state index contributed by atoms with van der Waals surface area (Å²) in [4.78, 5) is 0. The van der Waals surface area contributed by atoms with Crippen molar-refractivity contribution in [2.24, 2.45) is 0 Å². The van der Waals surface area contributed by atoms with E-state index in [0.29, 0.717) is 15.7 Å². The number of nitrogens with two attached hydrogens (primary N) is 1. The van der Waals surface area contributed by atoms with Crippen molar-refractivity contribution in [2.75, 3.05) is 12.3 Å². The molecule has 0 saturated heterocycles. The zero-order valence-corrected chi connectivity index (χ0v) is 10.9. The fourth-order valence-electron chi connectivity index (χ4n) is 1.16. The molecule has 0 aliphatic carbocycles. The van der Waals surface area contributed by atoms with Gasteiger partial charge in [-0.05, 0) is 28.1 Å². The molecule has 0 saturated carbocycles. The van der Waals surface area contributed by atoms with E-state index in [1.54, 1.807) is 12.1 Å². The van der Waals surface area contributed by atoms with Crippen LogP contribution in [0.2, 0.25) is 0 Å². The molecule has 1 rings (SSSR count). The second-order valence-corrected chi connectivity index (χ2v) is 4.86. The maximum absolute atomic E-state index is 9.69. The van der Waals surface area contributed by atoms with E-state index in [1.165, 1.54) is 0 Å². The number of aliphatic hydroxyl groups excluding tert-OH is 3. The van der Waals surface area contributed by atoms with Gasteiger partial charge in [-0.2, -0.15) is 0 Å². The van der Waals surface area contributed by atoms with E-state index in [0.717, 1.165) is 4.47 Å². The maximum Gasteiger partial charge on any atom is 0.109 e. The second-order valence-electron chi connectivity index (χ2n) is 3.09. The molecular weight excluding hydrogens is 330 g/mol. The molecule has 2 unspecified atom stereocenters. The quantitative estimate of drug-likeness (QED) is 0.622. The van der Waals surface area contributed by atoms with Crippen LogP contribution in [0.15, 0.2) is 21.1 Å². The fourth-order valence-corrected chi connectivity index (χ4v) is 2.41. The number of benzene rings is 1. The largest absolute Gasteiger partial charge is 0.398 e. The summed E-state index contributed by atoms with van der Waals surface area (Å²) >= 11 is 6.47. The van der Waals surface area contributed by atoms with E-state index in [1.807, 2.05) is 0 Å². The van der Waals surface area contributed by atoms with E-state index >= 15 is 0 Å². The van der Waals surface area contributed by atoms with Crippen LogP contribution in [0, 0.1) is 0 Å². The van der Waals surface area contributed by atoms with E-state index in [-0.39, 0.29) is 0 Å². The van der Waals surface area contributed by atoms with Gasteiger partial charge in [0.2, 0.25) is 0 Å². The molecule has 4 nitrogen and oxygen atoms in total. The molecule has 6 heteroatoms. The normalized spacial score (nSPS) is 15.0. The monoisotopic (exact) mass is 339 g/mol. The van der Waals surface area contributed by atoms with Gasteiger partial charge in [-0.25, -0.2) is 0 Å². The minimum absolute atomic E-state index is 0.346. The maximum atomic E-state index is 9.69. The average Bonchev–Trinajstić information content (AvgIpc) is 2.21. The first-order valence-electron chi connectivity index (χ1n) is 4.18. The van der Waals surface area contributed by atoms with Crippen molar-refractivity contribution in [3.8, 4) is 0 Å². The van der Waals surface area contributed by atoms with Crippen molar-refractivity contribution in [1.82, 2.24) is 0 Å². The predicted molar refractivity (Wildman–Crippen MR) is 64.3 cm³/mol. The Morgan fingerprint density at radius 1 is 1.27 bits per heavy atom. The van der Waals surface area contributed by atoms with Crippen LogP contribution in [-0.2, 0) is 0 Å². The zero-order chi connectivity index (χ0) is 11.6. The standard InChI is InChI=1S/C9H11Br2NO3/c10-4-1-5(8(12)6(11)2-4)9(15)7(14)3-13/h1-2,7,9,13-15H,3,12H2. The van der Waals surface area contributed by atoms with Gasteiger partial charge in [0, 0.05) is 14.5 Å². The van der Waals surface area contributed by atoms with Gasteiger partial charge in [0.15, 0.2) is 0 Å². The second kappa shape index (κ2) is 5.27. The minimum atomic E-state index is -1.24. The first-order valence-corrected chi connectivity index (χ1v) is 5.77. The number of halogens is 2. The first-order chi connectivity index (χ1) is 6.97. The molecule has 0 amide bonds. The van der Waals surface area contributed by atoms with Crippen LogP contribution in [-0.4, -0.2) is 28.0 Å². The number of rotatable bonds is 3. The highest BCUT2D eigenvalue weighted by atomic mass is 79.9. The summed E-state index contributed by atoms with van der Waals surface area (Å²) in [5, 5.41) is 27.7. The van der Waals surface area contributed by atoms with Crippen LogP contribution in [0.5, 0.6) is 0 Å². The summed E-state index contributed by atoms with van der Waals surface area (Å²) in [5.41, 5.74) is 6.44. The van der Waals surface area contributed by atoms with Gasteiger partial charge in [-0.3, -0.25) is 0 Å². The number of hydrogen-bond donors (Lipinski definition) is 4. The highest BCUT2D eigenvalue weighted by molar-refractivity contribution is 9.11. The molecule has 0 aliphatic rings. The fraction of sp³-hybridized carbons (Fsp3) is 0.333.